The average molecular weight is 233 g/mol. The first kappa shape index (κ1) is 12.1. The van der Waals surface area contributed by atoms with Crippen molar-refractivity contribution in [1.82, 2.24) is 0 Å². The minimum absolute atomic E-state index is 0.159. The number of rotatable bonds is 4. The normalized spacial score (nSPS) is 16.2. The molecule has 0 aliphatic carbocycles. The number of likely N-dealkylation sites (N-methyl/N-ethyl adjacent to an activating group) is 1. The molecule has 92 valence electrons. The highest BCUT2D eigenvalue weighted by Crippen LogP contribution is 2.29. The summed E-state index contributed by atoms with van der Waals surface area (Å²) in [5.41, 5.74) is 3.35. The first-order valence-electron chi connectivity index (χ1n) is 6.15. The van der Waals surface area contributed by atoms with Gasteiger partial charge in [-0.3, -0.25) is 4.79 Å². The summed E-state index contributed by atoms with van der Waals surface area (Å²) in [5.74, 6) is 0.481. The van der Waals surface area contributed by atoms with Crippen LogP contribution in [-0.4, -0.2) is 24.7 Å². The second-order valence-electron chi connectivity index (χ2n) is 4.75. The summed E-state index contributed by atoms with van der Waals surface area (Å²) in [6.45, 7) is 2.32. The number of benzene rings is 1. The molecule has 0 fully saturated rings. The van der Waals surface area contributed by atoms with E-state index in [0.29, 0.717) is 12.3 Å². The topological polar surface area (TPSA) is 40.5 Å². The lowest BCUT2D eigenvalue weighted by Gasteiger charge is -2.13. The monoisotopic (exact) mass is 233 g/mol. The van der Waals surface area contributed by atoms with E-state index in [1.165, 1.54) is 5.56 Å². The Bertz CT molecular complexity index is 424. The van der Waals surface area contributed by atoms with Crippen LogP contribution in [-0.2, 0) is 17.6 Å². The van der Waals surface area contributed by atoms with Gasteiger partial charge in [-0.05, 0) is 29.5 Å². The molecule has 1 atom stereocenters. The zero-order valence-electron chi connectivity index (χ0n) is 10.4. The molecule has 1 unspecified atom stereocenters. The largest absolute Gasteiger partial charge is 0.396 e. The molecule has 1 N–H and O–H groups in total. The number of hydrogen-bond donors (Lipinski definition) is 1. The van der Waals surface area contributed by atoms with Crippen molar-refractivity contribution in [3.63, 3.8) is 0 Å². The van der Waals surface area contributed by atoms with Gasteiger partial charge in [-0.2, -0.15) is 0 Å². The van der Waals surface area contributed by atoms with Gasteiger partial charge in [0.15, 0.2) is 0 Å². The van der Waals surface area contributed by atoms with Crippen LogP contribution in [0.15, 0.2) is 18.2 Å². The number of aliphatic hydroxyl groups excluding tert-OH is 1. The van der Waals surface area contributed by atoms with Gasteiger partial charge in [0.25, 0.3) is 0 Å². The lowest BCUT2D eigenvalue weighted by atomic mass is 9.96. The summed E-state index contributed by atoms with van der Waals surface area (Å²) < 4.78 is 0. The van der Waals surface area contributed by atoms with E-state index in [0.717, 1.165) is 24.1 Å². The molecule has 1 aromatic rings. The van der Waals surface area contributed by atoms with Crippen LogP contribution < -0.4 is 4.90 Å². The van der Waals surface area contributed by atoms with Gasteiger partial charge in [0.1, 0.15) is 0 Å². The predicted octanol–water partition coefficient (Wildman–Crippen LogP) is 1.77. The van der Waals surface area contributed by atoms with E-state index >= 15 is 0 Å². The van der Waals surface area contributed by atoms with Crippen LogP contribution in [0.2, 0.25) is 0 Å². The van der Waals surface area contributed by atoms with Crippen molar-refractivity contribution in [2.24, 2.45) is 5.92 Å². The van der Waals surface area contributed by atoms with E-state index in [9.17, 15) is 9.90 Å². The number of carbonyl (C=O) groups is 1. The van der Waals surface area contributed by atoms with Crippen LogP contribution in [0.5, 0.6) is 0 Å². The molecular formula is C14H19NO2. The maximum absolute atomic E-state index is 11.6. The third-order valence-electron chi connectivity index (χ3n) is 3.58. The number of nitrogens with zero attached hydrogens (tertiary/aromatic N) is 1. The van der Waals surface area contributed by atoms with Crippen LogP contribution in [0, 0.1) is 5.92 Å². The van der Waals surface area contributed by atoms with E-state index in [1.807, 2.05) is 13.1 Å². The first-order valence-corrected chi connectivity index (χ1v) is 6.15. The number of hydrogen-bond acceptors (Lipinski definition) is 2. The van der Waals surface area contributed by atoms with Gasteiger partial charge in [-0.15, -0.1) is 0 Å². The molecule has 0 aromatic heterocycles. The lowest BCUT2D eigenvalue weighted by Crippen LogP contribution is -2.20. The van der Waals surface area contributed by atoms with Gasteiger partial charge >= 0.3 is 0 Å². The minimum atomic E-state index is 0.159. The molecule has 3 heteroatoms. The second kappa shape index (κ2) is 4.88. The summed E-state index contributed by atoms with van der Waals surface area (Å²) in [4.78, 5) is 13.3. The molecule has 1 aliphatic heterocycles. The van der Waals surface area contributed by atoms with Gasteiger partial charge < -0.3 is 10.0 Å². The van der Waals surface area contributed by atoms with Gasteiger partial charge in [0.2, 0.25) is 5.91 Å². The zero-order valence-corrected chi connectivity index (χ0v) is 10.4. The van der Waals surface area contributed by atoms with Crippen molar-refractivity contribution in [3.05, 3.63) is 29.3 Å². The lowest BCUT2D eigenvalue weighted by molar-refractivity contribution is -0.117. The Morgan fingerprint density at radius 1 is 1.47 bits per heavy atom. The SMILES string of the molecule is CCC(CO)Cc1ccc2c(c1)CC(=O)N2C. The van der Waals surface area contributed by atoms with E-state index in [4.69, 9.17) is 0 Å². The maximum Gasteiger partial charge on any atom is 0.231 e. The molecule has 0 spiro atoms. The Hall–Kier alpha value is -1.35. The van der Waals surface area contributed by atoms with Crippen molar-refractivity contribution in [2.45, 2.75) is 26.2 Å². The molecule has 1 amide bonds. The van der Waals surface area contributed by atoms with Gasteiger partial charge in [0.05, 0.1) is 6.42 Å². The standard InChI is InChI=1S/C14H19NO2/c1-3-10(9-16)6-11-4-5-13-12(7-11)8-14(17)15(13)2/h4-5,7,10,16H,3,6,8-9H2,1-2H3. The van der Waals surface area contributed by atoms with Crippen LogP contribution in [0.3, 0.4) is 0 Å². The number of amides is 1. The molecule has 3 nitrogen and oxygen atoms in total. The fourth-order valence-electron chi connectivity index (χ4n) is 2.32. The molecule has 1 aromatic carbocycles. The number of carbonyl (C=O) groups excluding carboxylic acids is 1. The summed E-state index contributed by atoms with van der Waals surface area (Å²) in [6.07, 6.45) is 2.38. The maximum atomic E-state index is 11.6. The Balaban J connectivity index is 2.18. The van der Waals surface area contributed by atoms with Crippen molar-refractivity contribution >= 4 is 11.6 Å². The van der Waals surface area contributed by atoms with Gasteiger partial charge in [-0.25, -0.2) is 0 Å². The molecule has 0 saturated heterocycles. The summed E-state index contributed by atoms with van der Waals surface area (Å²) in [7, 11) is 1.82. The molecule has 1 heterocycles. The molecular weight excluding hydrogens is 214 g/mol. The Morgan fingerprint density at radius 3 is 2.88 bits per heavy atom. The van der Waals surface area contributed by atoms with Gasteiger partial charge in [0, 0.05) is 19.3 Å². The highest BCUT2D eigenvalue weighted by molar-refractivity contribution is 6.00. The predicted molar refractivity (Wildman–Crippen MR) is 68.1 cm³/mol. The van der Waals surface area contributed by atoms with Crippen LogP contribution in [0.1, 0.15) is 24.5 Å². The highest BCUT2D eigenvalue weighted by Gasteiger charge is 2.23. The average Bonchev–Trinajstić information content (AvgIpc) is 2.62. The van der Waals surface area contributed by atoms with Crippen LogP contribution in [0.4, 0.5) is 5.69 Å². The second-order valence-corrected chi connectivity index (χ2v) is 4.75. The minimum Gasteiger partial charge on any atom is -0.396 e. The Morgan fingerprint density at radius 2 is 2.24 bits per heavy atom. The van der Waals surface area contributed by atoms with Crippen molar-refractivity contribution in [3.8, 4) is 0 Å². The molecule has 0 radical (unpaired) electrons. The summed E-state index contributed by atoms with van der Waals surface area (Å²) in [6, 6.07) is 6.18. The van der Waals surface area contributed by atoms with Crippen molar-refractivity contribution in [1.29, 1.82) is 0 Å². The fourth-order valence-corrected chi connectivity index (χ4v) is 2.32. The molecule has 17 heavy (non-hydrogen) atoms. The van der Waals surface area contributed by atoms with Crippen LogP contribution in [0.25, 0.3) is 0 Å². The van der Waals surface area contributed by atoms with E-state index in [1.54, 1.807) is 4.90 Å². The molecule has 0 saturated carbocycles. The van der Waals surface area contributed by atoms with E-state index < -0.39 is 0 Å². The molecule has 0 bridgehead atoms. The summed E-state index contributed by atoms with van der Waals surface area (Å²) >= 11 is 0. The van der Waals surface area contributed by atoms with Gasteiger partial charge in [-0.1, -0.05) is 25.5 Å². The van der Waals surface area contributed by atoms with E-state index in [-0.39, 0.29) is 12.5 Å². The Kier molecular flexibility index (Phi) is 3.48. The zero-order chi connectivity index (χ0) is 12.4. The molecule has 1 aliphatic rings. The fraction of sp³-hybridized carbons (Fsp3) is 0.500. The number of anilines is 1. The summed E-state index contributed by atoms with van der Waals surface area (Å²) in [5, 5.41) is 9.20. The highest BCUT2D eigenvalue weighted by atomic mass is 16.3. The number of aliphatic hydroxyl groups is 1. The first-order chi connectivity index (χ1) is 8.15. The van der Waals surface area contributed by atoms with Crippen molar-refractivity contribution in [2.75, 3.05) is 18.6 Å². The van der Waals surface area contributed by atoms with Crippen LogP contribution >= 0.6 is 0 Å². The third-order valence-corrected chi connectivity index (χ3v) is 3.58. The third kappa shape index (κ3) is 2.34. The molecule has 2 rings (SSSR count). The Labute approximate surface area is 102 Å². The smallest absolute Gasteiger partial charge is 0.231 e. The van der Waals surface area contributed by atoms with Crippen molar-refractivity contribution < 1.29 is 9.90 Å². The number of fused-ring (bicyclic) bond motifs is 1. The quantitative estimate of drug-likeness (QED) is 0.861. The van der Waals surface area contributed by atoms with E-state index in [2.05, 4.69) is 19.1 Å².